The maximum absolute atomic E-state index is 12.6. The number of aromatic nitrogens is 2. The van der Waals surface area contributed by atoms with Crippen LogP contribution >= 0.6 is 0 Å². The predicted molar refractivity (Wildman–Crippen MR) is 91.8 cm³/mol. The summed E-state index contributed by atoms with van der Waals surface area (Å²) in [5.74, 6) is 1.25. The molecule has 1 aromatic heterocycles. The first-order valence-corrected chi connectivity index (χ1v) is 8.93. The topological polar surface area (TPSA) is 99.2 Å². The minimum Gasteiger partial charge on any atom is -0.393 e. The van der Waals surface area contributed by atoms with Crippen molar-refractivity contribution < 1.29 is 9.90 Å². The summed E-state index contributed by atoms with van der Waals surface area (Å²) in [7, 11) is 0. The summed E-state index contributed by atoms with van der Waals surface area (Å²) in [4.78, 5) is 20.9. The van der Waals surface area contributed by atoms with Crippen molar-refractivity contribution in [3.8, 4) is 0 Å². The summed E-state index contributed by atoms with van der Waals surface area (Å²) in [6.07, 6.45) is 6.61. The van der Waals surface area contributed by atoms with Gasteiger partial charge in [-0.25, -0.2) is 9.97 Å². The van der Waals surface area contributed by atoms with Gasteiger partial charge in [-0.05, 0) is 57.5 Å². The summed E-state index contributed by atoms with van der Waals surface area (Å²) in [5, 5.41) is 19.2. The Morgan fingerprint density at radius 2 is 1.96 bits per heavy atom. The average Bonchev–Trinajstić information content (AvgIpc) is 2.59. The fraction of sp³-hybridized carbons (Fsp3) is 0.706. The minimum atomic E-state index is -0.209. The second-order valence-corrected chi connectivity index (χ2v) is 6.80. The lowest BCUT2D eigenvalue weighted by molar-refractivity contribution is 0.00918. The summed E-state index contributed by atoms with van der Waals surface area (Å²) >= 11 is 0. The summed E-state index contributed by atoms with van der Waals surface area (Å²) < 4.78 is 0. The monoisotopic (exact) mass is 333 g/mol. The van der Waals surface area contributed by atoms with Crippen LogP contribution in [-0.4, -0.2) is 52.8 Å². The molecule has 1 amide bonds. The number of anilines is 1. The summed E-state index contributed by atoms with van der Waals surface area (Å²) in [5.41, 5.74) is 0.482. The zero-order chi connectivity index (χ0) is 16.9. The number of hydrogen-bond donors (Lipinski definition) is 4. The highest BCUT2D eigenvalue weighted by Gasteiger charge is 2.39. The quantitative estimate of drug-likeness (QED) is 0.614. The fourth-order valence-electron chi connectivity index (χ4n) is 3.68. The number of rotatable bonds is 6. The van der Waals surface area contributed by atoms with E-state index in [2.05, 4.69) is 25.9 Å². The van der Waals surface area contributed by atoms with E-state index in [1.165, 1.54) is 0 Å². The van der Waals surface area contributed by atoms with Gasteiger partial charge in [-0.2, -0.15) is 0 Å². The van der Waals surface area contributed by atoms with Crippen LogP contribution in [-0.2, 0) is 0 Å². The first-order chi connectivity index (χ1) is 11.7. The van der Waals surface area contributed by atoms with E-state index in [-0.39, 0.29) is 18.1 Å². The Morgan fingerprint density at radius 1 is 1.29 bits per heavy atom. The Hall–Kier alpha value is -1.73. The normalized spacial score (nSPS) is 25.6. The third kappa shape index (κ3) is 4.02. The van der Waals surface area contributed by atoms with Crippen molar-refractivity contribution in [3.05, 3.63) is 18.0 Å². The minimum absolute atomic E-state index is 0.122. The molecule has 1 saturated heterocycles. The van der Waals surface area contributed by atoms with E-state index < -0.39 is 0 Å². The highest BCUT2D eigenvalue weighted by molar-refractivity contribution is 5.93. The Balaban J connectivity index is 1.65. The van der Waals surface area contributed by atoms with Crippen molar-refractivity contribution in [3.63, 3.8) is 0 Å². The highest BCUT2D eigenvalue weighted by Crippen LogP contribution is 2.35. The van der Waals surface area contributed by atoms with E-state index in [1.807, 2.05) is 6.92 Å². The van der Waals surface area contributed by atoms with Crippen LogP contribution in [0.3, 0.4) is 0 Å². The largest absolute Gasteiger partial charge is 0.393 e. The molecule has 0 bridgehead atoms. The van der Waals surface area contributed by atoms with E-state index in [0.29, 0.717) is 23.3 Å². The Kier molecular flexibility index (Phi) is 5.63. The van der Waals surface area contributed by atoms with Gasteiger partial charge in [-0.3, -0.25) is 4.79 Å². The van der Waals surface area contributed by atoms with Gasteiger partial charge >= 0.3 is 0 Å². The van der Waals surface area contributed by atoms with Gasteiger partial charge in [0.15, 0.2) is 0 Å². The van der Waals surface area contributed by atoms with Crippen molar-refractivity contribution >= 4 is 11.9 Å². The van der Waals surface area contributed by atoms with E-state index in [4.69, 9.17) is 0 Å². The molecule has 24 heavy (non-hydrogen) atoms. The maximum atomic E-state index is 12.6. The van der Waals surface area contributed by atoms with Crippen LogP contribution < -0.4 is 16.0 Å². The third-order valence-corrected chi connectivity index (χ3v) is 5.10. The Bertz CT molecular complexity index is 538. The van der Waals surface area contributed by atoms with Crippen LogP contribution in [0.4, 0.5) is 5.95 Å². The molecule has 3 rings (SSSR count). The van der Waals surface area contributed by atoms with Gasteiger partial charge in [0.25, 0.3) is 5.91 Å². The number of hydrogen-bond acceptors (Lipinski definition) is 6. The lowest BCUT2D eigenvalue weighted by Gasteiger charge is -2.43. The second kappa shape index (κ2) is 7.90. The molecule has 1 aromatic rings. The predicted octanol–water partition coefficient (Wildman–Crippen LogP) is 0.777. The lowest BCUT2D eigenvalue weighted by atomic mass is 9.71. The van der Waals surface area contributed by atoms with Crippen LogP contribution in [0.15, 0.2) is 12.4 Å². The standard InChI is InChI=1S/C17H27N5O2/c1-2-19-17-20-9-13(10-21-17)16(24)22-15(12-7-14(23)8-12)11-3-5-18-6-4-11/h9-12,14-15,18,23H,2-8H2,1H3,(H,22,24)(H,19,20,21)/t12?,14?,15-/m1/s1. The second-order valence-electron chi connectivity index (χ2n) is 6.80. The van der Waals surface area contributed by atoms with Crippen LogP contribution in [0.25, 0.3) is 0 Å². The molecule has 7 nitrogen and oxygen atoms in total. The van der Waals surface area contributed by atoms with E-state index >= 15 is 0 Å². The van der Waals surface area contributed by atoms with E-state index in [9.17, 15) is 9.90 Å². The molecule has 0 radical (unpaired) electrons. The molecule has 1 aliphatic carbocycles. The Morgan fingerprint density at radius 3 is 2.54 bits per heavy atom. The molecule has 2 fully saturated rings. The fourth-order valence-corrected chi connectivity index (χ4v) is 3.68. The van der Waals surface area contributed by atoms with Crippen molar-refractivity contribution in [1.29, 1.82) is 0 Å². The van der Waals surface area contributed by atoms with Crippen molar-refractivity contribution in [1.82, 2.24) is 20.6 Å². The van der Waals surface area contributed by atoms with Gasteiger partial charge in [-0.1, -0.05) is 0 Å². The molecular formula is C17H27N5O2. The molecule has 2 heterocycles. The van der Waals surface area contributed by atoms with Crippen LogP contribution in [0.2, 0.25) is 0 Å². The lowest BCUT2D eigenvalue weighted by Crippen LogP contribution is -2.52. The van der Waals surface area contributed by atoms with Crippen molar-refractivity contribution in [2.24, 2.45) is 11.8 Å². The van der Waals surface area contributed by atoms with Gasteiger partial charge in [0, 0.05) is 25.0 Å². The first-order valence-electron chi connectivity index (χ1n) is 8.93. The molecule has 4 N–H and O–H groups in total. The number of carbonyl (C=O) groups excluding carboxylic acids is 1. The van der Waals surface area contributed by atoms with Crippen LogP contribution in [0.5, 0.6) is 0 Å². The number of nitrogens with zero attached hydrogens (tertiary/aromatic N) is 2. The summed E-state index contributed by atoms with van der Waals surface area (Å²) in [6, 6.07) is 0.122. The zero-order valence-corrected chi connectivity index (χ0v) is 14.2. The first kappa shape index (κ1) is 17.1. The molecule has 0 aromatic carbocycles. The molecule has 0 spiro atoms. The van der Waals surface area contributed by atoms with Crippen LogP contribution in [0.1, 0.15) is 43.0 Å². The molecular weight excluding hydrogens is 306 g/mol. The molecule has 2 aliphatic rings. The summed E-state index contributed by atoms with van der Waals surface area (Å²) in [6.45, 7) is 4.70. The highest BCUT2D eigenvalue weighted by atomic mass is 16.3. The van der Waals surface area contributed by atoms with Gasteiger partial charge in [0.2, 0.25) is 5.95 Å². The number of amides is 1. The molecule has 1 saturated carbocycles. The van der Waals surface area contributed by atoms with E-state index in [0.717, 1.165) is 45.3 Å². The molecule has 7 heteroatoms. The number of aliphatic hydroxyl groups is 1. The number of carbonyl (C=O) groups is 1. The number of nitrogens with one attached hydrogen (secondary N) is 3. The van der Waals surface area contributed by atoms with Gasteiger partial charge in [0.1, 0.15) is 0 Å². The van der Waals surface area contributed by atoms with Gasteiger partial charge in [0.05, 0.1) is 11.7 Å². The maximum Gasteiger partial charge on any atom is 0.254 e. The number of aliphatic hydroxyl groups excluding tert-OH is 1. The molecule has 132 valence electrons. The zero-order valence-electron chi connectivity index (χ0n) is 14.2. The Labute approximate surface area is 142 Å². The van der Waals surface area contributed by atoms with E-state index in [1.54, 1.807) is 12.4 Å². The SMILES string of the molecule is CCNc1ncc(C(=O)N[C@H](C2CCNCC2)C2CC(O)C2)cn1. The number of piperidine rings is 1. The van der Waals surface area contributed by atoms with Crippen LogP contribution in [0, 0.1) is 11.8 Å². The van der Waals surface area contributed by atoms with Gasteiger partial charge < -0.3 is 21.1 Å². The average molecular weight is 333 g/mol. The smallest absolute Gasteiger partial charge is 0.254 e. The molecule has 1 atom stereocenters. The van der Waals surface area contributed by atoms with Crippen molar-refractivity contribution in [2.75, 3.05) is 25.0 Å². The molecule has 0 unspecified atom stereocenters. The third-order valence-electron chi connectivity index (χ3n) is 5.10. The molecule has 1 aliphatic heterocycles. The van der Waals surface area contributed by atoms with Crippen molar-refractivity contribution in [2.45, 2.75) is 44.8 Å². The van der Waals surface area contributed by atoms with Gasteiger partial charge in [-0.15, -0.1) is 0 Å².